The van der Waals surface area contributed by atoms with Crippen LogP contribution in [0, 0.1) is 0 Å². The van der Waals surface area contributed by atoms with Gasteiger partial charge in [-0.05, 0) is 28.1 Å². The second-order valence-corrected chi connectivity index (χ2v) is 3.74. The van der Waals surface area contributed by atoms with Crippen molar-refractivity contribution in [2.45, 2.75) is 18.6 Å². The number of hydrogen-bond donors (Lipinski definition) is 1. The van der Waals surface area contributed by atoms with E-state index in [1.54, 1.807) is 6.07 Å². The van der Waals surface area contributed by atoms with Crippen LogP contribution in [0.2, 0.25) is 0 Å². The van der Waals surface area contributed by atoms with Crippen LogP contribution in [0.5, 0.6) is 0 Å². The van der Waals surface area contributed by atoms with Crippen LogP contribution in [0.15, 0.2) is 22.8 Å². The van der Waals surface area contributed by atoms with Crippen molar-refractivity contribution < 1.29 is 13.2 Å². The third-order valence-corrected chi connectivity index (χ3v) is 2.05. The SMILES string of the molecule is Cl.N[C@@H](CC(F)(F)F)c1ccc(Br)cn1. The Morgan fingerprint density at radius 1 is 1.40 bits per heavy atom. The van der Waals surface area contributed by atoms with E-state index in [2.05, 4.69) is 20.9 Å². The molecule has 15 heavy (non-hydrogen) atoms. The molecule has 1 aromatic heterocycles. The maximum absolute atomic E-state index is 12.0. The minimum Gasteiger partial charge on any atom is -0.322 e. The molecule has 1 atom stereocenters. The molecular weight excluding hydrogens is 296 g/mol. The summed E-state index contributed by atoms with van der Waals surface area (Å²) in [5.74, 6) is 0. The zero-order valence-corrected chi connectivity index (χ0v) is 9.86. The van der Waals surface area contributed by atoms with Crippen LogP contribution in [-0.2, 0) is 0 Å². The number of halogens is 5. The summed E-state index contributed by atoms with van der Waals surface area (Å²) in [5.41, 5.74) is 5.57. The molecular formula is C8H9BrClF3N2. The number of pyridine rings is 1. The maximum Gasteiger partial charge on any atom is 0.390 e. The number of hydrogen-bond acceptors (Lipinski definition) is 2. The van der Waals surface area contributed by atoms with E-state index in [1.165, 1.54) is 12.3 Å². The lowest BCUT2D eigenvalue weighted by Gasteiger charge is -2.13. The highest BCUT2D eigenvalue weighted by atomic mass is 79.9. The lowest BCUT2D eigenvalue weighted by molar-refractivity contribution is -0.138. The maximum atomic E-state index is 12.0. The number of nitrogens with two attached hydrogens (primary N) is 1. The molecule has 1 rings (SSSR count). The zero-order chi connectivity index (χ0) is 10.8. The first kappa shape index (κ1) is 14.7. The number of rotatable bonds is 2. The van der Waals surface area contributed by atoms with Gasteiger partial charge in [0.25, 0.3) is 0 Å². The Morgan fingerprint density at radius 3 is 2.40 bits per heavy atom. The molecule has 1 aromatic rings. The summed E-state index contributed by atoms with van der Waals surface area (Å²) in [5, 5.41) is 0. The van der Waals surface area contributed by atoms with Crippen molar-refractivity contribution in [3.63, 3.8) is 0 Å². The van der Waals surface area contributed by atoms with Gasteiger partial charge in [0.05, 0.1) is 18.2 Å². The van der Waals surface area contributed by atoms with Crippen LogP contribution >= 0.6 is 28.3 Å². The third kappa shape index (κ3) is 5.34. The summed E-state index contributed by atoms with van der Waals surface area (Å²) < 4.78 is 36.6. The Morgan fingerprint density at radius 2 is 2.00 bits per heavy atom. The molecule has 0 fully saturated rings. The molecule has 0 amide bonds. The predicted molar refractivity (Wildman–Crippen MR) is 56.8 cm³/mol. The van der Waals surface area contributed by atoms with Crippen molar-refractivity contribution in [2.75, 3.05) is 0 Å². The van der Waals surface area contributed by atoms with Crippen molar-refractivity contribution in [2.24, 2.45) is 5.73 Å². The van der Waals surface area contributed by atoms with Gasteiger partial charge in [-0.15, -0.1) is 12.4 Å². The Kier molecular flexibility index (Phi) is 5.55. The summed E-state index contributed by atoms with van der Waals surface area (Å²) >= 11 is 3.13. The summed E-state index contributed by atoms with van der Waals surface area (Å²) in [7, 11) is 0. The molecule has 0 spiro atoms. The van der Waals surface area contributed by atoms with Gasteiger partial charge in [-0.25, -0.2) is 0 Å². The molecule has 2 nitrogen and oxygen atoms in total. The van der Waals surface area contributed by atoms with Crippen LogP contribution in [0.1, 0.15) is 18.2 Å². The number of nitrogens with zero attached hydrogens (tertiary/aromatic N) is 1. The first-order valence-corrected chi connectivity index (χ1v) is 4.61. The van der Waals surface area contributed by atoms with Gasteiger partial charge in [-0.3, -0.25) is 4.98 Å². The molecule has 0 aliphatic heterocycles. The summed E-state index contributed by atoms with van der Waals surface area (Å²) in [6, 6.07) is 1.99. The van der Waals surface area contributed by atoms with Crippen molar-refractivity contribution in [3.05, 3.63) is 28.5 Å². The largest absolute Gasteiger partial charge is 0.390 e. The van der Waals surface area contributed by atoms with Crippen LogP contribution in [0.4, 0.5) is 13.2 Å². The first-order chi connectivity index (χ1) is 6.38. The fraction of sp³-hybridized carbons (Fsp3) is 0.375. The van der Waals surface area contributed by atoms with Crippen LogP contribution in [0.25, 0.3) is 0 Å². The molecule has 0 radical (unpaired) electrons. The van der Waals surface area contributed by atoms with Gasteiger partial charge >= 0.3 is 6.18 Å². The van der Waals surface area contributed by atoms with E-state index in [0.717, 1.165) is 0 Å². The average molecular weight is 306 g/mol. The van der Waals surface area contributed by atoms with Gasteiger partial charge < -0.3 is 5.73 Å². The van der Waals surface area contributed by atoms with Gasteiger partial charge in [-0.2, -0.15) is 13.2 Å². The Hall–Kier alpha value is -0.330. The molecule has 2 N–H and O–H groups in total. The monoisotopic (exact) mass is 304 g/mol. The molecule has 0 aliphatic carbocycles. The normalized spacial score (nSPS) is 13.1. The van der Waals surface area contributed by atoms with Crippen molar-refractivity contribution >= 4 is 28.3 Å². The molecule has 0 bridgehead atoms. The summed E-state index contributed by atoms with van der Waals surface area (Å²) in [4.78, 5) is 3.79. The van der Waals surface area contributed by atoms with E-state index >= 15 is 0 Å². The fourth-order valence-corrected chi connectivity index (χ4v) is 1.20. The minimum absolute atomic E-state index is 0. The van der Waals surface area contributed by atoms with E-state index < -0.39 is 18.6 Å². The highest BCUT2D eigenvalue weighted by molar-refractivity contribution is 9.10. The smallest absolute Gasteiger partial charge is 0.322 e. The fourth-order valence-electron chi connectivity index (χ4n) is 0.961. The van der Waals surface area contributed by atoms with E-state index in [0.29, 0.717) is 4.47 Å². The van der Waals surface area contributed by atoms with E-state index in [4.69, 9.17) is 5.73 Å². The highest BCUT2D eigenvalue weighted by Crippen LogP contribution is 2.27. The first-order valence-electron chi connectivity index (χ1n) is 3.82. The van der Waals surface area contributed by atoms with E-state index in [-0.39, 0.29) is 18.1 Å². The van der Waals surface area contributed by atoms with Crippen LogP contribution in [-0.4, -0.2) is 11.2 Å². The molecule has 0 saturated carbocycles. The average Bonchev–Trinajstić information content (AvgIpc) is 2.02. The highest BCUT2D eigenvalue weighted by Gasteiger charge is 2.31. The third-order valence-electron chi connectivity index (χ3n) is 1.58. The lowest BCUT2D eigenvalue weighted by Crippen LogP contribution is -2.21. The standard InChI is InChI=1S/C8H8BrF3N2.ClH/c9-5-1-2-7(14-4-5)6(13)3-8(10,11)12;/h1-2,4,6H,3,13H2;1H/t6-;/m0./s1. The van der Waals surface area contributed by atoms with Gasteiger partial charge in [0, 0.05) is 10.7 Å². The zero-order valence-electron chi connectivity index (χ0n) is 7.46. The Bertz CT molecular complexity index is 302. The van der Waals surface area contributed by atoms with Crippen LogP contribution in [0.3, 0.4) is 0 Å². The van der Waals surface area contributed by atoms with Crippen molar-refractivity contribution in [3.8, 4) is 0 Å². The predicted octanol–water partition coefficient (Wildman–Crippen LogP) is 3.22. The van der Waals surface area contributed by atoms with Crippen molar-refractivity contribution in [1.82, 2.24) is 4.98 Å². The Labute approximate surface area is 99.6 Å². The molecule has 0 aromatic carbocycles. The topological polar surface area (TPSA) is 38.9 Å². The van der Waals surface area contributed by atoms with Gasteiger partial charge in [0.2, 0.25) is 0 Å². The van der Waals surface area contributed by atoms with Crippen molar-refractivity contribution in [1.29, 1.82) is 0 Å². The molecule has 86 valence electrons. The Balaban J connectivity index is 0.00000196. The van der Waals surface area contributed by atoms with E-state index in [9.17, 15) is 13.2 Å². The molecule has 0 unspecified atom stereocenters. The molecule has 7 heteroatoms. The summed E-state index contributed by atoms with van der Waals surface area (Å²) in [6.07, 6.45) is -3.89. The molecule has 0 saturated heterocycles. The van der Waals surface area contributed by atoms with Gasteiger partial charge in [0.1, 0.15) is 0 Å². The minimum atomic E-state index is -4.26. The lowest BCUT2D eigenvalue weighted by atomic mass is 10.1. The summed E-state index contributed by atoms with van der Waals surface area (Å²) in [6.45, 7) is 0. The second kappa shape index (κ2) is 5.67. The second-order valence-electron chi connectivity index (χ2n) is 2.83. The molecule has 1 heterocycles. The van der Waals surface area contributed by atoms with E-state index in [1.807, 2.05) is 0 Å². The van der Waals surface area contributed by atoms with Gasteiger partial charge in [0.15, 0.2) is 0 Å². The number of aromatic nitrogens is 1. The molecule has 0 aliphatic rings. The van der Waals surface area contributed by atoms with Crippen LogP contribution < -0.4 is 5.73 Å². The van der Waals surface area contributed by atoms with Gasteiger partial charge in [-0.1, -0.05) is 0 Å². The number of alkyl halides is 3. The quantitative estimate of drug-likeness (QED) is 0.911.